The first-order valence-electron chi connectivity index (χ1n) is 36.3. The average molecular weight is 1090 g/mol. The van der Waals surface area contributed by atoms with Gasteiger partial charge in [-0.05, 0) is 12.8 Å². The maximum absolute atomic E-state index is 12.6. The predicted molar refractivity (Wildman–Crippen MR) is 342 cm³/mol. The minimum atomic E-state index is -1.13. The molecule has 4 N–H and O–H groups in total. The summed E-state index contributed by atoms with van der Waals surface area (Å²) in [6, 6.07) is -0.806. The zero-order valence-corrected chi connectivity index (χ0v) is 53.2. The molecule has 462 valence electrons. The number of carbonyl (C=O) groups is 1. The van der Waals surface area contributed by atoms with Crippen LogP contribution < -0.4 is 5.32 Å². The van der Waals surface area contributed by atoms with Crippen molar-refractivity contribution in [1.29, 1.82) is 0 Å². The summed E-state index contributed by atoms with van der Waals surface area (Å²) < 4.78 is 0. The molecule has 0 heterocycles. The van der Waals surface area contributed by atoms with Crippen LogP contribution in [0.2, 0.25) is 0 Å². The molecule has 1 amide bonds. The zero-order chi connectivity index (χ0) is 55.7. The first-order valence-corrected chi connectivity index (χ1v) is 36.3. The number of hydrogen-bond donors (Lipinski definition) is 4. The topological polar surface area (TPSA) is 89.8 Å². The third-order valence-corrected chi connectivity index (χ3v) is 17.7. The van der Waals surface area contributed by atoms with E-state index in [0.717, 1.165) is 32.1 Å². The summed E-state index contributed by atoms with van der Waals surface area (Å²) in [5.41, 5.74) is 0. The Bertz CT molecular complexity index is 1070. The molecule has 0 aromatic heterocycles. The van der Waals surface area contributed by atoms with Crippen LogP contribution >= 0.6 is 0 Å². The van der Waals surface area contributed by atoms with Gasteiger partial charge >= 0.3 is 0 Å². The monoisotopic (exact) mass is 1090 g/mol. The van der Waals surface area contributed by atoms with E-state index in [4.69, 9.17) is 0 Å². The Morgan fingerprint density at radius 2 is 0.442 bits per heavy atom. The van der Waals surface area contributed by atoms with Crippen LogP contribution in [0.25, 0.3) is 0 Å². The van der Waals surface area contributed by atoms with Gasteiger partial charge in [-0.15, -0.1) is 0 Å². The van der Waals surface area contributed by atoms with Crippen LogP contribution in [0, 0.1) is 0 Å². The Balaban J connectivity index is 3.40. The van der Waals surface area contributed by atoms with Crippen LogP contribution in [0.5, 0.6) is 0 Å². The second kappa shape index (κ2) is 67.9. The molecule has 0 saturated carbocycles. The zero-order valence-electron chi connectivity index (χ0n) is 53.2. The van der Waals surface area contributed by atoms with E-state index in [1.54, 1.807) is 0 Å². The molecule has 0 fully saturated rings. The lowest BCUT2D eigenvalue weighted by Gasteiger charge is -2.26. The van der Waals surface area contributed by atoms with Crippen LogP contribution in [-0.2, 0) is 4.79 Å². The molecule has 0 saturated heterocycles. The molecule has 0 aliphatic carbocycles. The Hall–Kier alpha value is -0.650. The molecule has 0 aromatic carbocycles. The fourth-order valence-corrected chi connectivity index (χ4v) is 12.2. The maximum Gasteiger partial charge on any atom is 0.220 e. The highest BCUT2D eigenvalue weighted by Crippen LogP contribution is 2.20. The Labute approximate surface area is 485 Å². The van der Waals surface area contributed by atoms with Crippen LogP contribution in [-0.4, -0.2) is 46.1 Å². The van der Waals surface area contributed by atoms with E-state index in [9.17, 15) is 20.1 Å². The Morgan fingerprint density at radius 3 is 0.623 bits per heavy atom. The van der Waals surface area contributed by atoms with Crippen molar-refractivity contribution in [3.63, 3.8) is 0 Å². The van der Waals surface area contributed by atoms with E-state index in [1.807, 2.05) is 0 Å². The Kier molecular flexibility index (Phi) is 67.3. The van der Waals surface area contributed by atoms with Gasteiger partial charge in [-0.3, -0.25) is 4.79 Å². The van der Waals surface area contributed by atoms with Gasteiger partial charge in [0.2, 0.25) is 5.91 Å². The second-order valence-electron chi connectivity index (χ2n) is 25.5. The highest BCUT2D eigenvalue weighted by Gasteiger charge is 2.27. The smallest absolute Gasteiger partial charge is 0.220 e. The molecule has 5 nitrogen and oxygen atoms in total. The van der Waals surface area contributed by atoms with Gasteiger partial charge in [-0.2, -0.15) is 0 Å². The van der Waals surface area contributed by atoms with E-state index in [1.165, 1.54) is 372 Å². The maximum atomic E-state index is 12.6. The molecular formula is C72H145NO4. The predicted octanol–water partition coefficient (Wildman–Crippen LogP) is 23.6. The molecule has 3 atom stereocenters. The summed E-state index contributed by atoms with van der Waals surface area (Å²) in [6.45, 7) is 4.25. The fourth-order valence-electron chi connectivity index (χ4n) is 12.2. The first-order chi connectivity index (χ1) is 38.1. The second-order valence-corrected chi connectivity index (χ2v) is 25.5. The molecule has 0 aliphatic rings. The standard InChI is InChI=1S/C72H145NO4/c1-3-5-7-9-11-13-15-17-19-21-23-25-27-29-30-31-32-33-34-35-36-37-38-39-40-41-42-43-45-47-49-51-53-55-57-59-61-63-65-67-71(76)73-69(68-74)72(77)70(75)66-64-62-60-58-56-54-52-50-48-46-44-28-26-24-22-20-18-16-14-12-10-8-6-4-2/h69-70,72,74-75,77H,3-68H2,1-2H3,(H,73,76). The normalized spacial score (nSPS) is 12.9. The summed E-state index contributed by atoms with van der Waals surface area (Å²) >= 11 is 0. The summed E-state index contributed by atoms with van der Waals surface area (Å²) in [5, 5.41) is 34.0. The lowest BCUT2D eigenvalue weighted by molar-refractivity contribution is -0.124. The molecule has 0 spiro atoms. The molecular weight excluding hydrogens is 943 g/mol. The average Bonchev–Trinajstić information content (AvgIpc) is 3.43. The number of unbranched alkanes of at least 4 members (excludes halogenated alkanes) is 61. The summed E-state index contributed by atoms with van der Waals surface area (Å²) in [6.07, 6.45) is 86.3. The van der Waals surface area contributed by atoms with Crippen molar-refractivity contribution < 1.29 is 20.1 Å². The molecule has 0 radical (unpaired) electrons. The number of rotatable bonds is 69. The van der Waals surface area contributed by atoms with Crippen molar-refractivity contribution >= 4 is 5.91 Å². The third-order valence-electron chi connectivity index (χ3n) is 17.7. The van der Waals surface area contributed by atoms with Gasteiger partial charge in [-0.25, -0.2) is 0 Å². The number of carbonyl (C=O) groups excluding carboxylic acids is 1. The summed E-state index contributed by atoms with van der Waals surface area (Å²) in [4.78, 5) is 12.6. The van der Waals surface area contributed by atoms with E-state index in [-0.39, 0.29) is 12.5 Å². The lowest BCUT2D eigenvalue weighted by atomic mass is 9.99. The van der Waals surface area contributed by atoms with E-state index in [2.05, 4.69) is 19.2 Å². The number of amides is 1. The fraction of sp³-hybridized carbons (Fsp3) is 0.986. The third kappa shape index (κ3) is 62.8. The first kappa shape index (κ1) is 76.3. The van der Waals surface area contributed by atoms with Crippen LogP contribution in [0.4, 0.5) is 0 Å². The van der Waals surface area contributed by atoms with Crippen molar-refractivity contribution in [2.45, 2.75) is 449 Å². The van der Waals surface area contributed by atoms with E-state index >= 15 is 0 Å². The largest absolute Gasteiger partial charge is 0.394 e. The molecule has 0 bridgehead atoms. The molecule has 0 rings (SSSR count). The molecule has 0 aromatic rings. The van der Waals surface area contributed by atoms with Gasteiger partial charge < -0.3 is 20.6 Å². The quantitative estimate of drug-likeness (QED) is 0.0457. The van der Waals surface area contributed by atoms with Gasteiger partial charge in [0, 0.05) is 6.42 Å². The van der Waals surface area contributed by atoms with Gasteiger partial charge in [0.05, 0.1) is 18.8 Å². The van der Waals surface area contributed by atoms with Crippen molar-refractivity contribution in [2.24, 2.45) is 0 Å². The van der Waals surface area contributed by atoms with E-state index < -0.39 is 18.2 Å². The van der Waals surface area contributed by atoms with Gasteiger partial charge in [-0.1, -0.05) is 412 Å². The van der Waals surface area contributed by atoms with Gasteiger partial charge in [0.25, 0.3) is 0 Å². The minimum Gasteiger partial charge on any atom is -0.394 e. The number of nitrogens with one attached hydrogen (secondary N) is 1. The summed E-state index contributed by atoms with van der Waals surface area (Å²) in [7, 11) is 0. The number of aliphatic hydroxyl groups excluding tert-OH is 3. The molecule has 3 unspecified atom stereocenters. The van der Waals surface area contributed by atoms with Crippen molar-refractivity contribution in [3.8, 4) is 0 Å². The highest BCUT2D eigenvalue weighted by molar-refractivity contribution is 5.76. The number of aliphatic hydroxyl groups is 3. The molecule has 5 heteroatoms. The Morgan fingerprint density at radius 1 is 0.273 bits per heavy atom. The molecule has 0 aliphatic heterocycles. The van der Waals surface area contributed by atoms with Crippen LogP contribution in [0.3, 0.4) is 0 Å². The van der Waals surface area contributed by atoms with Crippen molar-refractivity contribution in [2.75, 3.05) is 6.61 Å². The minimum absolute atomic E-state index is 0.133. The van der Waals surface area contributed by atoms with Gasteiger partial charge in [0.1, 0.15) is 6.10 Å². The SMILES string of the molecule is CCCCCCCCCCCCCCCCCCCCCCCCCCCCCCCCCCCCCCCCCC(=O)NC(CO)C(O)C(O)CCCCCCCCCCCCCCCCCCCCCCCCCC. The van der Waals surface area contributed by atoms with Crippen molar-refractivity contribution in [3.05, 3.63) is 0 Å². The lowest BCUT2D eigenvalue weighted by Crippen LogP contribution is -2.50. The molecule has 77 heavy (non-hydrogen) atoms. The van der Waals surface area contributed by atoms with Gasteiger partial charge in [0.15, 0.2) is 0 Å². The van der Waals surface area contributed by atoms with Crippen LogP contribution in [0.1, 0.15) is 431 Å². The number of hydrogen-bond acceptors (Lipinski definition) is 4. The van der Waals surface area contributed by atoms with E-state index in [0.29, 0.717) is 12.8 Å². The van der Waals surface area contributed by atoms with Crippen LogP contribution in [0.15, 0.2) is 0 Å². The summed E-state index contributed by atoms with van der Waals surface area (Å²) in [5.74, 6) is -0.133. The highest BCUT2D eigenvalue weighted by atomic mass is 16.3. The van der Waals surface area contributed by atoms with Crippen molar-refractivity contribution in [1.82, 2.24) is 5.32 Å².